The Kier molecular flexibility index (Phi) is 7.24. The zero-order valence-corrected chi connectivity index (χ0v) is 16.1. The Labute approximate surface area is 151 Å². The van der Waals surface area contributed by atoms with Gasteiger partial charge in [-0.3, -0.25) is 4.79 Å². The van der Waals surface area contributed by atoms with Crippen molar-refractivity contribution < 1.29 is 14.3 Å². The van der Waals surface area contributed by atoms with Gasteiger partial charge in [-0.05, 0) is 51.0 Å². The lowest BCUT2D eigenvalue weighted by Crippen LogP contribution is -2.49. The molecule has 25 heavy (non-hydrogen) atoms. The van der Waals surface area contributed by atoms with Crippen molar-refractivity contribution in [3.8, 4) is 5.88 Å². The first-order chi connectivity index (χ1) is 12.0. The predicted molar refractivity (Wildman–Crippen MR) is 100.0 cm³/mol. The lowest BCUT2D eigenvalue weighted by molar-refractivity contribution is -0.148. The van der Waals surface area contributed by atoms with Crippen molar-refractivity contribution in [3.05, 3.63) is 17.8 Å². The van der Waals surface area contributed by atoms with Crippen LogP contribution < -0.4 is 10.1 Å². The number of anilines is 1. The monoisotopic (exact) mass is 348 g/mol. The smallest absolute Gasteiger partial charge is 0.256 e. The molecule has 2 atom stereocenters. The highest BCUT2D eigenvalue weighted by Gasteiger charge is 2.42. The van der Waals surface area contributed by atoms with Gasteiger partial charge in [-0.2, -0.15) is 0 Å². The fourth-order valence-electron chi connectivity index (χ4n) is 3.40. The summed E-state index contributed by atoms with van der Waals surface area (Å²) in [5.74, 6) is 1.06. The van der Waals surface area contributed by atoms with Gasteiger partial charge in [0.15, 0.2) is 0 Å². The maximum absolute atomic E-state index is 13.1. The predicted octanol–water partition coefficient (Wildman–Crippen LogP) is 4.49. The molecule has 0 unspecified atom stereocenters. The molecule has 1 aromatic rings. The first-order valence-corrected chi connectivity index (χ1v) is 9.56. The molecule has 1 saturated carbocycles. The number of hydrogen-bond acceptors (Lipinski definition) is 4. The molecule has 1 aromatic heterocycles. The summed E-state index contributed by atoms with van der Waals surface area (Å²) in [7, 11) is 0. The van der Waals surface area contributed by atoms with E-state index in [2.05, 4.69) is 31.1 Å². The fourth-order valence-corrected chi connectivity index (χ4v) is 3.40. The number of pyridine rings is 1. The third-order valence-electron chi connectivity index (χ3n) is 4.71. The molecule has 5 heteroatoms. The molecule has 1 fully saturated rings. The van der Waals surface area contributed by atoms with Gasteiger partial charge in [0, 0.05) is 12.7 Å². The van der Waals surface area contributed by atoms with Gasteiger partial charge in [0.05, 0.1) is 18.0 Å². The minimum atomic E-state index is -0.711. The maximum atomic E-state index is 13.1. The van der Waals surface area contributed by atoms with Crippen LogP contribution in [0.2, 0.25) is 0 Å². The number of hydrogen-bond donors (Lipinski definition) is 1. The average molecular weight is 348 g/mol. The molecule has 0 spiro atoms. The number of ether oxygens (including phenoxy) is 2. The molecule has 0 saturated heterocycles. The summed E-state index contributed by atoms with van der Waals surface area (Å²) < 4.78 is 11.6. The van der Waals surface area contributed by atoms with Crippen LogP contribution in [0.25, 0.3) is 0 Å². The molecule has 0 aliphatic heterocycles. The minimum absolute atomic E-state index is 0.0420. The van der Waals surface area contributed by atoms with Crippen molar-refractivity contribution >= 4 is 11.6 Å². The number of nitrogens with one attached hydrogen (secondary N) is 1. The van der Waals surface area contributed by atoms with Crippen LogP contribution in [-0.4, -0.2) is 29.7 Å². The van der Waals surface area contributed by atoms with E-state index in [9.17, 15) is 4.79 Å². The molecular weight excluding hydrogens is 316 g/mol. The Morgan fingerprint density at radius 3 is 2.72 bits per heavy atom. The van der Waals surface area contributed by atoms with E-state index in [1.807, 2.05) is 13.0 Å². The van der Waals surface area contributed by atoms with Crippen LogP contribution in [-0.2, 0) is 9.53 Å². The SMILES string of the molecule is CCCOc1ccc(NC(=O)[C@@]2(OCCC)CCC[C@H](C)C2)c(C)n1. The average Bonchev–Trinajstić information content (AvgIpc) is 2.60. The molecule has 2 rings (SSSR count). The zero-order chi connectivity index (χ0) is 18.3. The molecule has 0 aromatic carbocycles. The second-order valence-electron chi connectivity index (χ2n) is 7.13. The summed E-state index contributed by atoms with van der Waals surface area (Å²) in [6.07, 6.45) is 5.60. The normalized spacial score (nSPS) is 23.3. The Morgan fingerprint density at radius 1 is 1.32 bits per heavy atom. The molecule has 1 heterocycles. The molecule has 140 valence electrons. The van der Waals surface area contributed by atoms with Gasteiger partial charge in [0.25, 0.3) is 5.91 Å². The van der Waals surface area contributed by atoms with E-state index in [0.29, 0.717) is 25.0 Å². The van der Waals surface area contributed by atoms with Crippen LogP contribution in [0.4, 0.5) is 5.69 Å². The van der Waals surface area contributed by atoms with Crippen molar-refractivity contribution in [1.82, 2.24) is 4.98 Å². The van der Waals surface area contributed by atoms with Crippen molar-refractivity contribution in [3.63, 3.8) is 0 Å². The van der Waals surface area contributed by atoms with Crippen LogP contribution >= 0.6 is 0 Å². The van der Waals surface area contributed by atoms with Crippen LogP contribution in [0.1, 0.15) is 65.0 Å². The molecule has 1 amide bonds. The zero-order valence-electron chi connectivity index (χ0n) is 16.1. The number of amides is 1. The second kappa shape index (κ2) is 9.18. The number of nitrogens with zero attached hydrogens (tertiary/aromatic N) is 1. The van der Waals surface area contributed by atoms with Crippen molar-refractivity contribution in [2.24, 2.45) is 5.92 Å². The number of rotatable bonds is 8. The molecule has 1 aliphatic rings. The molecule has 0 radical (unpaired) electrons. The highest BCUT2D eigenvalue weighted by molar-refractivity contribution is 5.97. The Morgan fingerprint density at radius 2 is 2.08 bits per heavy atom. The third kappa shape index (κ3) is 5.18. The minimum Gasteiger partial charge on any atom is -0.478 e. The van der Waals surface area contributed by atoms with E-state index in [-0.39, 0.29) is 5.91 Å². The van der Waals surface area contributed by atoms with E-state index in [1.54, 1.807) is 6.07 Å². The Balaban J connectivity index is 2.12. The van der Waals surface area contributed by atoms with Crippen molar-refractivity contribution in [2.45, 2.75) is 71.8 Å². The second-order valence-corrected chi connectivity index (χ2v) is 7.13. The van der Waals surface area contributed by atoms with Crippen molar-refractivity contribution in [2.75, 3.05) is 18.5 Å². The highest BCUT2D eigenvalue weighted by Crippen LogP contribution is 2.36. The van der Waals surface area contributed by atoms with Gasteiger partial charge in [0.1, 0.15) is 5.60 Å². The third-order valence-corrected chi connectivity index (χ3v) is 4.71. The van der Waals surface area contributed by atoms with Gasteiger partial charge in [0.2, 0.25) is 5.88 Å². The van der Waals surface area contributed by atoms with E-state index < -0.39 is 5.60 Å². The standard InChI is InChI=1S/C20H32N2O3/c1-5-12-24-18-10-9-17(16(4)21-18)22-19(23)20(25-13-6-2)11-7-8-15(3)14-20/h9-10,15H,5-8,11-14H2,1-4H3,(H,22,23)/t15-,20+/m0/s1. The van der Waals surface area contributed by atoms with Crippen LogP contribution in [0.5, 0.6) is 5.88 Å². The quantitative estimate of drug-likeness (QED) is 0.752. The Hall–Kier alpha value is -1.62. The largest absolute Gasteiger partial charge is 0.478 e. The summed E-state index contributed by atoms with van der Waals surface area (Å²) in [6, 6.07) is 3.67. The fraction of sp³-hybridized carbons (Fsp3) is 0.700. The number of carbonyl (C=O) groups excluding carboxylic acids is 1. The van der Waals surface area contributed by atoms with Crippen molar-refractivity contribution in [1.29, 1.82) is 0 Å². The van der Waals surface area contributed by atoms with Gasteiger partial charge < -0.3 is 14.8 Å². The summed E-state index contributed by atoms with van der Waals surface area (Å²) in [6.45, 7) is 9.47. The first-order valence-electron chi connectivity index (χ1n) is 9.56. The van der Waals surface area contributed by atoms with E-state index in [4.69, 9.17) is 9.47 Å². The molecule has 1 N–H and O–H groups in total. The van der Waals surface area contributed by atoms with Gasteiger partial charge in [-0.15, -0.1) is 0 Å². The highest BCUT2D eigenvalue weighted by atomic mass is 16.5. The van der Waals surface area contributed by atoms with Crippen LogP contribution in [0, 0.1) is 12.8 Å². The molecule has 1 aliphatic carbocycles. The van der Waals surface area contributed by atoms with E-state index in [1.165, 1.54) is 0 Å². The summed E-state index contributed by atoms with van der Waals surface area (Å²) in [4.78, 5) is 17.5. The molecule has 5 nitrogen and oxygen atoms in total. The number of aromatic nitrogens is 1. The van der Waals surface area contributed by atoms with Gasteiger partial charge >= 0.3 is 0 Å². The lowest BCUT2D eigenvalue weighted by atomic mass is 9.78. The summed E-state index contributed by atoms with van der Waals surface area (Å²) >= 11 is 0. The Bertz CT molecular complexity index is 576. The summed E-state index contributed by atoms with van der Waals surface area (Å²) in [5, 5.41) is 3.05. The lowest BCUT2D eigenvalue weighted by Gasteiger charge is -2.38. The summed E-state index contributed by atoms with van der Waals surface area (Å²) in [5.41, 5.74) is 0.778. The number of aryl methyl sites for hydroxylation is 1. The first kappa shape index (κ1) is 19.7. The number of carbonyl (C=O) groups is 1. The van der Waals surface area contributed by atoms with Crippen LogP contribution in [0.3, 0.4) is 0 Å². The van der Waals surface area contributed by atoms with E-state index >= 15 is 0 Å². The molecule has 0 bridgehead atoms. The maximum Gasteiger partial charge on any atom is 0.256 e. The van der Waals surface area contributed by atoms with E-state index in [0.717, 1.165) is 49.9 Å². The molecular formula is C20H32N2O3. The van der Waals surface area contributed by atoms with Gasteiger partial charge in [-0.25, -0.2) is 4.98 Å². The van der Waals surface area contributed by atoms with Gasteiger partial charge in [-0.1, -0.05) is 27.2 Å². The van der Waals surface area contributed by atoms with Crippen LogP contribution in [0.15, 0.2) is 12.1 Å². The topological polar surface area (TPSA) is 60.5 Å².